The zero-order valence-electron chi connectivity index (χ0n) is 33.6. The Morgan fingerprint density at radius 2 is 1.77 bits per heavy atom. The number of hydrogen-bond acceptors (Lipinski definition) is 14. The molecule has 3 aromatic rings. The zero-order valence-corrected chi connectivity index (χ0v) is 34.5. The number of allylic oxidation sites excluding steroid dienone is 1. The SMILES string of the molecule is CC(N)Cc1ccccc1.C[C@]12CCC(=O)C=C1CC[C@H]1[C@@H]3CC[C@](OP(=O)(O)O)(C(=O)CO)[C@@]3(C)C[C@H](O)[C@@]12F.O=c1[nH]cnc2c1ncn2[C@@H]1O[C@H](CO)[C@@H](O)[C@H]1O. The van der Waals surface area contributed by atoms with Crippen LogP contribution < -0.4 is 11.3 Å². The second kappa shape index (κ2) is 17.3. The number of fused-ring (bicyclic) bond motifs is 6. The molecule has 8 rings (SSSR count). The van der Waals surface area contributed by atoms with Gasteiger partial charge in [-0.1, -0.05) is 49.8 Å². The number of alkyl halides is 1. The van der Waals surface area contributed by atoms with E-state index in [0.717, 1.165) is 6.42 Å². The summed E-state index contributed by atoms with van der Waals surface area (Å²) in [6, 6.07) is 10.6. The van der Waals surface area contributed by atoms with Crippen molar-refractivity contribution >= 4 is 30.6 Å². The number of rotatable bonds is 8. The van der Waals surface area contributed by atoms with Crippen LogP contribution in [0.25, 0.3) is 11.2 Å². The quantitative estimate of drug-likeness (QED) is 0.144. The number of Topliss-reactive ketones (excluding diaryl/α,β-unsaturated/α-hetero) is 1. The summed E-state index contributed by atoms with van der Waals surface area (Å²) >= 11 is 0. The van der Waals surface area contributed by atoms with E-state index in [4.69, 9.17) is 20.1 Å². The van der Waals surface area contributed by atoms with E-state index in [9.17, 15) is 49.2 Å². The van der Waals surface area contributed by atoms with E-state index in [1.54, 1.807) is 13.8 Å². The highest BCUT2D eigenvalue weighted by Crippen LogP contribution is 2.72. The number of ketones is 2. The lowest BCUT2D eigenvalue weighted by Crippen LogP contribution is -2.69. The first-order valence-corrected chi connectivity index (χ1v) is 21.5. The third-order valence-electron chi connectivity index (χ3n) is 13.6. The number of hydrogen-bond donors (Lipinski definition) is 9. The largest absolute Gasteiger partial charge is 0.470 e. The molecule has 0 bridgehead atoms. The van der Waals surface area contributed by atoms with Gasteiger partial charge in [0.25, 0.3) is 5.56 Å². The molecule has 3 saturated carbocycles. The van der Waals surface area contributed by atoms with E-state index in [1.807, 2.05) is 25.1 Å². The molecular weight excluding hydrogens is 808 g/mol. The van der Waals surface area contributed by atoms with Crippen LogP contribution >= 0.6 is 7.82 Å². The molecule has 4 aliphatic carbocycles. The van der Waals surface area contributed by atoms with Crippen LogP contribution in [-0.4, -0.2) is 121 Å². The number of nitrogens with two attached hydrogens (primary N) is 1. The lowest BCUT2D eigenvalue weighted by Gasteiger charge is -2.63. The molecule has 5 aliphatic rings. The molecule has 12 atom stereocenters. The number of imidazole rings is 1. The molecule has 0 spiro atoms. The Labute approximate surface area is 344 Å². The first-order chi connectivity index (χ1) is 28.2. The molecule has 3 heterocycles. The number of phosphoric acid groups is 1. The molecular formula is C40H55FN5O13P. The molecule has 1 saturated heterocycles. The van der Waals surface area contributed by atoms with Gasteiger partial charge in [0.2, 0.25) is 0 Å². The van der Waals surface area contributed by atoms with E-state index in [0.29, 0.717) is 18.4 Å². The Kier molecular flexibility index (Phi) is 13.2. The number of halogens is 1. The molecule has 10 N–H and O–H groups in total. The van der Waals surface area contributed by atoms with Crippen molar-refractivity contribution in [3.05, 3.63) is 70.6 Å². The van der Waals surface area contributed by atoms with Gasteiger partial charge in [0.1, 0.15) is 36.2 Å². The van der Waals surface area contributed by atoms with Crippen molar-refractivity contribution < 1.29 is 63.1 Å². The number of carbonyl (C=O) groups excluding carboxylic acids is 2. The maximum Gasteiger partial charge on any atom is 0.470 e. The Balaban J connectivity index is 0.000000175. The predicted molar refractivity (Wildman–Crippen MR) is 211 cm³/mol. The minimum atomic E-state index is -5.12. The fraction of sp³-hybridized carbons (Fsp3) is 0.625. The molecule has 0 amide bonds. The number of aliphatic hydroxyl groups is 5. The lowest BCUT2D eigenvalue weighted by atomic mass is 9.44. The Bertz CT molecular complexity index is 2180. The van der Waals surface area contributed by atoms with Gasteiger partial charge in [-0.15, -0.1) is 0 Å². The van der Waals surface area contributed by atoms with Crippen molar-refractivity contribution in [1.82, 2.24) is 19.5 Å². The number of nitrogens with one attached hydrogen (secondary N) is 1. The summed E-state index contributed by atoms with van der Waals surface area (Å²) in [5, 5.41) is 49.4. The summed E-state index contributed by atoms with van der Waals surface area (Å²) in [5.74, 6) is -2.08. The average molecular weight is 864 g/mol. The van der Waals surface area contributed by atoms with Crippen LogP contribution in [0.3, 0.4) is 0 Å². The number of benzene rings is 1. The summed E-state index contributed by atoms with van der Waals surface area (Å²) in [4.78, 5) is 65.6. The average Bonchev–Trinajstić information content (AvgIpc) is 3.84. The van der Waals surface area contributed by atoms with E-state index < -0.39 is 97.0 Å². The van der Waals surface area contributed by atoms with Crippen LogP contribution in [0, 0.1) is 22.7 Å². The van der Waals surface area contributed by atoms with Gasteiger partial charge in [0, 0.05) is 29.2 Å². The fourth-order valence-electron chi connectivity index (χ4n) is 10.7. The predicted octanol–water partition coefficient (Wildman–Crippen LogP) is 1.30. The highest BCUT2D eigenvalue weighted by molar-refractivity contribution is 7.46. The van der Waals surface area contributed by atoms with Crippen molar-refractivity contribution in [2.75, 3.05) is 13.2 Å². The topological polar surface area (TPSA) is 301 Å². The molecule has 4 fully saturated rings. The normalized spacial score (nSPS) is 36.4. The van der Waals surface area contributed by atoms with Crippen molar-refractivity contribution in [2.45, 2.75) is 120 Å². The first-order valence-electron chi connectivity index (χ1n) is 20.0. The van der Waals surface area contributed by atoms with E-state index in [1.165, 1.54) is 28.9 Å². The highest BCUT2D eigenvalue weighted by atomic mass is 31.2. The van der Waals surface area contributed by atoms with Crippen molar-refractivity contribution in [2.24, 2.45) is 28.4 Å². The van der Waals surface area contributed by atoms with Gasteiger partial charge in [-0.25, -0.2) is 18.9 Å². The summed E-state index contributed by atoms with van der Waals surface area (Å²) < 4.78 is 40.6. The smallest absolute Gasteiger partial charge is 0.394 e. The van der Waals surface area contributed by atoms with Gasteiger partial charge in [0.15, 0.2) is 29.0 Å². The Hall–Kier alpha value is -3.59. The minimum absolute atomic E-state index is 0.0480. The number of H-pyrrole nitrogens is 1. The monoisotopic (exact) mass is 863 g/mol. The number of carbonyl (C=O) groups is 2. The van der Waals surface area contributed by atoms with E-state index >= 15 is 4.39 Å². The van der Waals surface area contributed by atoms with Crippen molar-refractivity contribution in [1.29, 1.82) is 0 Å². The Morgan fingerprint density at radius 1 is 1.07 bits per heavy atom. The number of ether oxygens (including phenoxy) is 1. The number of aromatic amines is 1. The Morgan fingerprint density at radius 3 is 2.38 bits per heavy atom. The maximum absolute atomic E-state index is 17.0. The third kappa shape index (κ3) is 7.99. The maximum atomic E-state index is 17.0. The van der Waals surface area contributed by atoms with Crippen LogP contribution in [0.1, 0.15) is 77.5 Å². The summed E-state index contributed by atoms with van der Waals surface area (Å²) in [7, 11) is -5.12. The van der Waals surface area contributed by atoms with Gasteiger partial charge >= 0.3 is 7.82 Å². The molecule has 2 aromatic heterocycles. The van der Waals surface area contributed by atoms with Crippen molar-refractivity contribution in [3.63, 3.8) is 0 Å². The van der Waals surface area contributed by atoms with Crippen LogP contribution in [0.5, 0.6) is 0 Å². The number of nitrogens with zero attached hydrogens (tertiary/aromatic N) is 3. The van der Waals surface area contributed by atoms with Crippen molar-refractivity contribution in [3.8, 4) is 0 Å². The van der Waals surface area contributed by atoms with Crippen LogP contribution in [-0.2, 0) is 29.8 Å². The summed E-state index contributed by atoms with van der Waals surface area (Å²) in [5.41, 5.74) is 1.24. The van der Waals surface area contributed by atoms with E-state index in [-0.39, 0.29) is 55.1 Å². The molecule has 1 aromatic carbocycles. The molecule has 1 aliphatic heterocycles. The van der Waals surface area contributed by atoms with E-state index in [2.05, 4.69) is 27.1 Å². The van der Waals surface area contributed by atoms with Gasteiger partial charge in [-0.05, 0) is 69.4 Å². The molecule has 0 radical (unpaired) electrons. The number of aliphatic hydroxyl groups excluding tert-OH is 5. The van der Waals surface area contributed by atoms with Gasteiger partial charge in [0.05, 0.1) is 25.4 Å². The standard InChI is InChI=1S/C21H30FO8P.C10H12N4O5.C9H13N/c1-18-7-5-13(24)9-12(18)3-4-15-14-6-8-20(17(26)11-23,30-31(27,28)29)19(14,2)10-16(25)21(15,18)22;15-1-4-6(16)7(17)10(19-4)14-3-13-5-8(14)11-2-12-9(5)18;1-8(10)7-9-5-3-2-4-6-9/h9,14-16,23,25H,3-8,10-11H2,1-2H3,(H2,27,28,29);2-4,6-7,10,15-17H,1H2,(H,11,12,18);2-6,8H,7,10H2,1H3/t14-,15-,16-,18-,19-,20-,21-;4-,6-,7-,10-;/m01./s1. The second-order valence-corrected chi connectivity index (χ2v) is 18.3. The van der Waals surface area contributed by atoms with Crippen LogP contribution in [0.15, 0.2) is 59.4 Å². The number of phosphoric ester groups is 1. The molecule has 18 nitrogen and oxygen atoms in total. The summed E-state index contributed by atoms with van der Waals surface area (Å²) in [6.07, 6.45) is 0.445. The number of aromatic nitrogens is 4. The van der Waals surface area contributed by atoms with Crippen LogP contribution in [0.4, 0.5) is 4.39 Å². The van der Waals surface area contributed by atoms with Gasteiger partial charge < -0.3 is 50.8 Å². The lowest BCUT2D eigenvalue weighted by molar-refractivity contribution is -0.224. The third-order valence-corrected chi connectivity index (χ3v) is 14.1. The second-order valence-electron chi connectivity index (χ2n) is 17.1. The van der Waals surface area contributed by atoms with Gasteiger partial charge in [-0.2, -0.15) is 0 Å². The highest BCUT2D eigenvalue weighted by Gasteiger charge is 2.75. The first kappa shape index (κ1) is 45.9. The molecule has 1 unspecified atom stereocenters. The molecule has 330 valence electrons. The van der Waals surface area contributed by atoms with Gasteiger partial charge in [-0.3, -0.25) is 23.5 Å². The fourth-order valence-corrected chi connectivity index (χ4v) is 11.5. The summed E-state index contributed by atoms with van der Waals surface area (Å²) in [6.45, 7) is 3.98. The van der Waals surface area contributed by atoms with Crippen LogP contribution in [0.2, 0.25) is 0 Å². The minimum Gasteiger partial charge on any atom is -0.394 e. The molecule has 60 heavy (non-hydrogen) atoms. The molecule has 20 heteroatoms. The zero-order chi connectivity index (χ0) is 44.0.